The first-order valence-corrected chi connectivity index (χ1v) is 9.33. The molecule has 7 heteroatoms. The zero-order valence-corrected chi connectivity index (χ0v) is 16.2. The van der Waals surface area contributed by atoms with Gasteiger partial charge in [0, 0.05) is 10.7 Å². The van der Waals surface area contributed by atoms with Gasteiger partial charge < -0.3 is 5.32 Å². The van der Waals surface area contributed by atoms with E-state index in [1.165, 1.54) is 0 Å². The fraction of sp³-hybridized carbons (Fsp3) is 0.143. The highest BCUT2D eigenvalue weighted by Crippen LogP contribution is 2.29. The second-order valence-electron chi connectivity index (χ2n) is 6.37. The highest BCUT2D eigenvalue weighted by Gasteiger charge is 2.21. The van der Waals surface area contributed by atoms with Gasteiger partial charge in [0.15, 0.2) is 11.3 Å². The molecule has 0 saturated heterocycles. The lowest BCUT2D eigenvalue weighted by atomic mass is 10.0. The zero-order valence-electron chi connectivity index (χ0n) is 15.5. The minimum absolute atomic E-state index is 0.240. The molecule has 4 aromatic rings. The number of rotatable bonds is 4. The van der Waals surface area contributed by atoms with Crippen molar-refractivity contribution in [2.75, 3.05) is 5.32 Å². The highest BCUT2D eigenvalue weighted by atomic mass is 35.5. The maximum Gasteiger partial charge on any atom is 0.278 e. The molecule has 140 valence electrons. The maximum absolute atomic E-state index is 12.7. The van der Waals surface area contributed by atoms with E-state index in [9.17, 15) is 4.79 Å². The van der Waals surface area contributed by atoms with Crippen LogP contribution in [0.1, 0.15) is 28.8 Å². The van der Waals surface area contributed by atoms with E-state index in [0.29, 0.717) is 22.1 Å². The number of nitrogens with one attached hydrogen (secondary N) is 1. The van der Waals surface area contributed by atoms with Gasteiger partial charge in [-0.3, -0.25) is 4.79 Å². The van der Waals surface area contributed by atoms with Gasteiger partial charge in [-0.25, -0.2) is 4.52 Å². The fourth-order valence-electron chi connectivity index (χ4n) is 3.13. The molecule has 0 aliphatic carbocycles. The van der Waals surface area contributed by atoms with Crippen molar-refractivity contribution in [2.45, 2.75) is 20.3 Å². The van der Waals surface area contributed by atoms with Crippen LogP contribution < -0.4 is 5.32 Å². The first kappa shape index (κ1) is 18.1. The number of hydrogen-bond donors (Lipinski definition) is 1. The smallest absolute Gasteiger partial charge is 0.278 e. The van der Waals surface area contributed by atoms with Crippen molar-refractivity contribution < 1.29 is 4.79 Å². The summed E-state index contributed by atoms with van der Waals surface area (Å²) < 4.78 is 1.69. The Morgan fingerprint density at radius 2 is 1.79 bits per heavy atom. The Balaban J connectivity index is 1.80. The van der Waals surface area contributed by atoms with Crippen molar-refractivity contribution in [1.29, 1.82) is 0 Å². The molecule has 0 aliphatic heterocycles. The molecule has 1 N–H and O–H groups in total. The lowest BCUT2D eigenvalue weighted by molar-refractivity contribution is 0.102. The van der Waals surface area contributed by atoms with Crippen molar-refractivity contribution in [3.8, 4) is 11.1 Å². The van der Waals surface area contributed by atoms with Gasteiger partial charge in [0.2, 0.25) is 0 Å². The number of hydrogen-bond acceptors (Lipinski definition) is 4. The highest BCUT2D eigenvalue weighted by molar-refractivity contribution is 6.30. The van der Waals surface area contributed by atoms with Gasteiger partial charge >= 0.3 is 0 Å². The average Bonchev–Trinajstić information content (AvgIpc) is 3.09. The molecule has 28 heavy (non-hydrogen) atoms. The summed E-state index contributed by atoms with van der Waals surface area (Å²) in [5, 5.41) is 16.7. The summed E-state index contributed by atoms with van der Waals surface area (Å²) in [5.74, 6) is -0.320. The molecule has 4 rings (SSSR count). The average molecular weight is 392 g/mol. The van der Waals surface area contributed by atoms with Crippen molar-refractivity contribution >= 4 is 28.8 Å². The van der Waals surface area contributed by atoms with Gasteiger partial charge in [-0.2, -0.15) is 5.10 Å². The molecule has 6 nitrogen and oxygen atoms in total. The second-order valence-corrected chi connectivity index (χ2v) is 6.81. The largest absolute Gasteiger partial charge is 0.321 e. The van der Waals surface area contributed by atoms with Crippen LogP contribution in [0.25, 0.3) is 16.8 Å². The summed E-state index contributed by atoms with van der Waals surface area (Å²) in [6.07, 6.45) is 0.728. The van der Waals surface area contributed by atoms with Gasteiger partial charge in [-0.05, 0) is 43.2 Å². The van der Waals surface area contributed by atoms with E-state index in [4.69, 9.17) is 11.6 Å². The van der Waals surface area contributed by atoms with Crippen LogP contribution in [0.4, 0.5) is 5.69 Å². The minimum atomic E-state index is -0.320. The van der Waals surface area contributed by atoms with E-state index < -0.39 is 0 Å². The lowest BCUT2D eigenvalue weighted by Gasteiger charge is -2.07. The van der Waals surface area contributed by atoms with Crippen LogP contribution in [0.15, 0.2) is 54.6 Å². The first-order chi connectivity index (χ1) is 13.6. The number of para-hydroxylation sites is 1. The van der Waals surface area contributed by atoms with E-state index in [1.54, 1.807) is 4.52 Å². The van der Waals surface area contributed by atoms with Crippen LogP contribution in [0.2, 0.25) is 5.02 Å². The van der Waals surface area contributed by atoms with Crippen LogP contribution in [-0.2, 0) is 6.42 Å². The Bertz CT molecular complexity index is 1150. The summed E-state index contributed by atoms with van der Waals surface area (Å²) in [4.78, 5) is 12.7. The first-order valence-electron chi connectivity index (χ1n) is 8.95. The van der Waals surface area contributed by atoms with E-state index >= 15 is 0 Å². The molecule has 2 aromatic carbocycles. The molecule has 0 spiro atoms. The molecule has 0 fully saturated rings. The van der Waals surface area contributed by atoms with Crippen LogP contribution in [0.5, 0.6) is 0 Å². The van der Waals surface area contributed by atoms with Crippen molar-refractivity contribution in [3.63, 3.8) is 0 Å². The van der Waals surface area contributed by atoms with Crippen LogP contribution in [0, 0.1) is 6.92 Å². The predicted octanol–water partition coefficient (Wildman–Crippen LogP) is 4.57. The molecule has 2 heterocycles. The van der Waals surface area contributed by atoms with Crippen molar-refractivity contribution in [2.24, 2.45) is 0 Å². The Labute approximate surface area is 167 Å². The Morgan fingerprint density at radius 1 is 1.07 bits per heavy atom. The number of aryl methyl sites for hydroxylation is 2. The number of anilines is 1. The van der Waals surface area contributed by atoms with E-state index in [2.05, 4.69) is 20.6 Å². The lowest BCUT2D eigenvalue weighted by Crippen LogP contribution is -2.18. The number of carbonyl (C=O) groups excluding carboxylic acids is 1. The van der Waals surface area contributed by atoms with Crippen LogP contribution >= 0.6 is 11.6 Å². The zero-order chi connectivity index (χ0) is 19.7. The molecular weight excluding hydrogens is 374 g/mol. The Morgan fingerprint density at radius 3 is 2.46 bits per heavy atom. The predicted molar refractivity (Wildman–Crippen MR) is 110 cm³/mol. The summed E-state index contributed by atoms with van der Waals surface area (Å²) >= 11 is 6.02. The number of aromatic nitrogens is 4. The Kier molecular flexibility index (Phi) is 4.79. The third-order valence-electron chi connectivity index (χ3n) is 4.55. The van der Waals surface area contributed by atoms with Crippen molar-refractivity contribution in [1.82, 2.24) is 19.8 Å². The Hall–Kier alpha value is -3.25. The third kappa shape index (κ3) is 3.23. The number of nitrogens with zero attached hydrogens (tertiary/aromatic N) is 4. The van der Waals surface area contributed by atoms with E-state index in [1.807, 2.05) is 68.4 Å². The summed E-state index contributed by atoms with van der Waals surface area (Å²) in [5.41, 5.74) is 4.95. The van der Waals surface area contributed by atoms with Gasteiger partial charge in [-0.15, -0.1) is 10.2 Å². The van der Waals surface area contributed by atoms with Gasteiger partial charge in [-0.1, -0.05) is 48.9 Å². The molecule has 1 amide bonds. The van der Waals surface area contributed by atoms with E-state index in [-0.39, 0.29) is 11.6 Å². The molecule has 0 saturated carbocycles. The molecule has 2 aromatic heterocycles. The van der Waals surface area contributed by atoms with Crippen molar-refractivity contribution in [3.05, 3.63) is 76.7 Å². The monoisotopic (exact) mass is 391 g/mol. The van der Waals surface area contributed by atoms with E-state index in [0.717, 1.165) is 23.2 Å². The molecule has 0 atom stereocenters. The minimum Gasteiger partial charge on any atom is -0.321 e. The second kappa shape index (κ2) is 7.40. The summed E-state index contributed by atoms with van der Waals surface area (Å²) in [6.45, 7) is 3.85. The van der Waals surface area contributed by atoms with Gasteiger partial charge in [0.25, 0.3) is 5.91 Å². The third-order valence-corrected chi connectivity index (χ3v) is 4.81. The standard InChI is InChI=1S/C21H18ClN5O/c1-3-17-18(14-9-11-15(22)12-10-14)20-25-24-19(13(2)27(20)26-17)21(28)23-16-7-5-4-6-8-16/h4-12H,3H2,1-2H3,(H,23,28). The number of benzene rings is 2. The number of fused-ring (bicyclic) bond motifs is 1. The fourth-order valence-corrected chi connectivity index (χ4v) is 3.26. The van der Waals surface area contributed by atoms with Crippen LogP contribution in [-0.4, -0.2) is 25.7 Å². The number of carbonyl (C=O) groups is 1. The molecular formula is C21H18ClN5O. The topological polar surface area (TPSA) is 72.2 Å². The summed E-state index contributed by atoms with van der Waals surface area (Å²) in [7, 11) is 0. The van der Waals surface area contributed by atoms with Gasteiger partial charge in [0.05, 0.1) is 17.0 Å². The molecule has 0 bridgehead atoms. The molecule has 0 unspecified atom stereocenters. The number of halogens is 1. The van der Waals surface area contributed by atoms with Crippen LogP contribution in [0.3, 0.4) is 0 Å². The maximum atomic E-state index is 12.7. The van der Waals surface area contributed by atoms with Gasteiger partial charge in [0.1, 0.15) is 0 Å². The quantitative estimate of drug-likeness (QED) is 0.553. The number of amides is 1. The molecule has 0 aliphatic rings. The molecule has 0 radical (unpaired) electrons. The summed E-state index contributed by atoms with van der Waals surface area (Å²) in [6, 6.07) is 16.8. The SMILES string of the molecule is CCc1nn2c(C)c(C(=O)Nc3ccccc3)nnc2c1-c1ccc(Cl)cc1. The normalized spacial score (nSPS) is 11.0.